The van der Waals surface area contributed by atoms with Crippen molar-refractivity contribution in [2.45, 2.75) is 64.5 Å². The maximum Gasteiger partial charge on any atom is 0.0632 e. The van der Waals surface area contributed by atoms with E-state index in [0.29, 0.717) is 5.41 Å². The summed E-state index contributed by atoms with van der Waals surface area (Å²) in [4.78, 5) is 2.54. The molecular formula is C15H30N2O. The number of likely N-dealkylation sites (tertiary alicyclic amines) is 1. The molecule has 106 valence electrons. The van der Waals surface area contributed by atoms with E-state index in [1.165, 1.54) is 12.8 Å². The number of aliphatic hydroxyl groups is 1. The minimum atomic E-state index is -0.439. The highest BCUT2D eigenvalue weighted by Gasteiger charge is 2.29. The zero-order valence-electron chi connectivity index (χ0n) is 12.3. The molecule has 0 amide bonds. The second-order valence-electron chi connectivity index (χ2n) is 7.45. The molecule has 0 aromatic carbocycles. The molecule has 1 aliphatic carbocycles. The topological polar surface area (TPSA) is 35.5 Å². The molecule has 0 spiro atoms. The molecular weight excluding hydrogens is 224 g/mol. The summed E-state index contributed by atoms with van der Waals surface area (Å²) < 4.78 is 0. The zero-order valence-corrected chi connectivity index (χ0v) is 12.3. The molecule has 3 nitrogen and oxygen atoms in total. The molecule has 0 bridgehead atoms. The molecule has 2 N–H and O–H groups in total. The summed E-state index contributed by atoms with van der Waals surface area (Å²) in [6.45, 7) is 11.1. The van der Waals surface area contributed by atoms with Crippen LogP contribution in [0.1, 0.15) is 52.9 Å². The molecule has 1 aliphatic heterocycles. The first-order valence-corrected chi connectivity index (χ1v) is 7.55. The van der Waals surface area contributed by atoms with Crippen LogP contribution in [-0.4, -0.2) is 47.8 Å². The Labute approximate surface area is 112 Å². The van der Waals surface area contributed by atoms with E-state index in [4.69, 9.17) is 0 Å². The van der Waals surface area contributed by atoms with Crippen LogP contribution in [0.5, 0.6) is 0 Å². The zero-order chi connectivity index (χ0) is 13.2. The fourth-order valence-corrected chi connectivity index (χ4v) is 2.85. The fraction of sp³-hybridized carbons (Fsp3) is 1.00. The van der Waals surface area contributed by atoms with Gasteiger partial charge in [-0.15, -0.1) is 0 Å². The Hall–Kier alpha value is -0.120. The molecule has 1 saturated carbocycles. The van der Waals surface area contributed by atoms with Crippen molar-refractivity contribution >= 4 is 0 Å². The minimum absolute atomic E-state index is 0.332. The van der Waals surface area contributed by atoms with Crippen LogP contribution in [0, 0.1) is 5.41 Å². The Morgan fingerprint density at radius 3 is 2.67 bits per heavy atom. The number of rotatable bonds is 5. The number of hydrogen-bond donors (Lipinski definition) is 2. The lowest BCUT2D eigenvalue weighted by atomic mass is 9.92. The average molecular weight is 254 g/mol. The second-order valence-corrected chi connectivity index (χ2v) is 7.45. The van der Waals surface area contributed by atoms with Gasteiger partial charge in [0.05, 0.1) is 5.60 Å². The predicted octanol–water partition coefficient (Wildman–Crippen LogP) is 2.00. The summed E-state index contributed by atoms with van der Waals surface area (Å²) in [5.41, 5.74) is -0.107. The Morgan fingerprint density at radius 1 is 1.28 bits per heavy atom. The van der Waals surface area contributed by atoms with Crippen molar-refractivity contribution in [2.24, 2.45) is 5.41 Å². The normalized spacial score (nSPS) is 31.3. The molecule has 2 aliphatic rings. The second kappa shape index (κ2) is 5.48. The lowest BCUT2D eigenvalue weighted by Gasteiger charge is -2.32. The highest BCUT2D eigenvalue weighted by atomic mass is 16.3. The summed E-state index contributed by atoms with van der Waals surface area (Å²) in [5.74, 6) is 0. The van der Waals surface area contributed by atoms with Crippen LogP contribution in [0.25, 0.3) is 0 Å². The standard InChI is InChI=1S/C15H30N2O/c1-14(2,11-16-13-5-6-13)12-17-9-4-7-15(3,18)8-10-17/h13,16,18H,4-12H2,1-3H3. The van der Waals surface area contributed by atoms with E-state index >= 15 is 0 Å². The van der Waals surface area contributed by atoms with Crippen molar-refractivity contribution in [3.63, 3.8) is 0 Å². The minimum Gasteiger partial charge on any atom is -0.390 e. The van der Waals surface area contributed by atoms with E-state index in [2.05, 4.69) is 24.1 Å². The molecule has 0 aromatic rings. The maximum absolute atomic E-state index is 10.1. The van der Waals surface area contributed by atoms with Gasteiger partial charge in [-0.25, -0.2) is 0 Å². The van der Waals surface area contributed by atoms with E-state index in [1.807, 2.05) is 6.92 Å². The Kier molecular flexibility index (Phi) is 4.35. The largest absolute Gasteiger partial charge is 0.390 e. The first-order chi connectivity index (χ1) is 8.36. The Balaban J connectivity index is 1.76. The monoisotopic (exact) mass is 254 g/mol. The third kappa shape index (κ3) is 4.87. The van der Waals surface area contributed by atoms with Crippen LogP contribution in [0.3, 0.4) is 0 Å². The first kappa shape index (κ1) is 14.3. The van der Waals surface area contributed by atoms with Crippen molar-refractivity contribution in [3.8, 4) is 0 Å². The summed E-state index contributed by atoms with van der Waals surface area (Å²) in [6.07, 6.45) is 5.72. The van der Waals surface area contributed by atoms with Gasteiger partial charge >= 0.3 is 0 Å². The van der Waals surface area contributed by atoms with E-state index in [0.717, 1.165) is 51.5 Å². The van der Waals surface area contributed by atoms with Crippen molar-refractivity contribution in [1.82, 2.24) is 10.2 Å². The quantitative estimate of drug-likeness (QED) is 0.788. The maximum atomic E-state index is 10.1. The van der Waals surface area contributed by atoms with Gasteiger partial charge in [0.2, 0.25) is 0 Å². The van der Waals surface area contributed by atoms with Gasteiger partial charge in [-0.3, -0.25) is 0 Å². The molecule has 0 radical (unpaired) electrons. The lowest BCUT2D eigenvalue weighted by molar-refractivity contribution is 0.0432. The number of nitrogens with one attached hydrogen (secondary N) is 1. The van der Waals surface area contributed by atoms with E-state index in [-0.39, 0.29) is 0 Å². The predicted molar refractivity (Wildman–Crippen MR) is 75.7 cm³/mol. The Bertz CT molecular complexity index is 272. The third-order valence-corrected chi connectivity index (χ3v) is 4.25. The van der Waals surface area contributed by atoms with Gasteiger partial charge in [0.1, 0.15) is 0 Å². The van der Waals surface area contributed by atoms with Crippen molar-refractivity contribution in [3.05, 3.63) is 0 Å². The van der Waals surface area contributed by atoms with Gasteiger partial charge in [0.25, 0.3) is 0 Å². The van der Waals surface area contributed by atoms with E-state index in [9.17, 15) is 5.11 Å². The van der Waals surface area contributed by atoms with Crippen molar-refractivity contribution < 1.29 is 5.11 Å². The molecule has 18 heavy (non-hydrogen) atoms. The van der Waals surface area contributed by atoms with Gasteiger partial charge in [-0.1, -0.05) is 13.8 Å². The Morgan fingerprint density at radius 2 is 2.00 bits per heavy atom. The van der Waals surface area contributed by atoms with Crippen LogP contribution >= 0.6 is 0 Å². The highest BCUT2D eigenvalue weighted by molar-refractivity contribution is 4.86. The fourth-order valence-electron chi connectivity index (χ4n) is 2.85. The first-order valence-electron chi connectivity index (χ1n) is 7.55. The third-order valence-electron chi connectivity index (χ3n) is 4.25. The molecule has 1 heterocycles. The van der Waals surface area contributed by atoms with Gasteiger partial charge in [0, 0.05) is 25.7 Å². The van der Waals surface area contributed by atoms with Gasteiger partial charge < -0.3 is 15.3 Å². The molecule has 2 fully saturated rings. The van der Waals surface area contributed by atoms with E-state index < -0.39 is 5.60 Å². The summed E-state index contributed by atoms with van der Waals surface area (Å²) in [5, 5.41) is 13.8. The highest BCUT2D eigenvalue weighted by Crippen LogP contribution is 2.25. The summed E-state index contributed by atoms with van der Waals surface area (Å²) >= 11 is 0. The van der Waals surface area contributed by atoms with Crippen LogP contribution in [0.2, 0.25) is 0 Å². The molecule has 0 aromatic heterocycles. The molecule has 2 rings (SSSR count). The smallest absolute Gasteiger partial charge is 0.0632 e. The van der Waals surface area contributed by atoms with Crippen molar-refractivity contribution in [2.75, 3.05) is 26.2 Å². The van der Waals surface area contributed by atoms with E-state index in [1.54, 1.807) is 0 Å². The molecule has 1 unspecified atom stereocenters. The number of nitrogens with zero attached hydrogens (tertiary/aromatic N) is 1. The molecule has 1 atom stereocenters. The van der Waals surface area contributed by atoms with Crippen molar-refractivity contribution in [1.29, 1.82) is 0 Å². The average Bonchev–Trinajstić information content (AvgIpc) is 3.06. The molecule has 1 saturated heterocycles. The molecule has 3 heteroatoms. The van der Waals surface area contributed by atoms with Crippen LogP contribution in [0.4, 0.5) is 0 Å². The SMILES string of the molecule is CC(C)(CNC1CC1)CN1CCCC(C)(O)CC1. The number of hydrogen-bond acceptors (Lipinski definition) is 3. The van der Waals surface area contributed by atoms with Crippen LogP contribution in [-0.2, 0) is 0 Å². The summed E-state index contributed by atoms with van der Waals surface area (Å²) in [6, 6.07) is 0.800. The van der Waals surface area contributed by atoms with Gasteiger partial charge in [-0.05, 0) is 51.0 Å². The van der Waals surface area contributed by atoms with Gasteiger partial charge in [0.15, 0.2) is 0 Å². The lowest BCUT2D eigenvalue weighted by Crippen LogP contribution is -2.41. The van der Waals surface area contributed by atoms with Crippen LogP contribution < -0.4 is 5.32 Å². The summed E-state index contributed by atoms with van der Waals surface area (Å²) in [7, 11) is 0. The van der Waals surface area contributed by atoms with Gasteiger partial charge in [-0.2, -0.15) is 0 Å². The van der Waals surface area contributed by atoms with Crippen LogP contribution in [0.15, 0.2) is 0 Å².